The fourth-order valence-electron chi connectivity index (χ4n) is 7.77. The Morgan fingerprint density at radius 1 is 0.776 bits per heavy atom. The van der Waals surface area contributed by atoms with Gasteiger partial charge in [-0.25, -0.2) is 0 Å². The average Bonchev–Trinajstić information content (AvgIpc) is 3.68. The Morgan fingerprint density at radius 3 is 2.22 bits per heavy atom. The van der Waals surface area contributed by atoms with E-state index in [9.17, 15) is 0 Å². The van der Waals surface area contributed by atoms with Gasteiger partial charge in [0.2, 0.25) is 0 Å². The first kappa shape index (κ1) is 33.0. The van der Waals surface area contributed by atoms with Gasteiger partial charge in [0.25, 0.3) is 0 Å². The number of benzene rings is 4. The second-order valence-electron chi connectivity index (χ2n) is 13.7. The number of fused-ring (bicyclic) bond motifs is 12. The molecule has 4 heterocycles. The van der Waals surface area contributed by atoms with Crippen LogP contribution in [0.4, 0.5) is 5.69 Å². The zero-order chi connectivity index (χ0) is 33.1. The van der Waals surface area contributed by atoms with Gasteiger partial charge in [-0.1, -0.05) is 87.5 Å². The van der Waals surface area contributed by atoms with Crippen LogP contribution in [-0.4, -0.2) is 27.7 Å². The Bertz CT molecular complexity index is 2110. The van der Waals surface area contributed by atoms with E-state index >= 15 is 0 Å². The van der Waals surface area contributed by atoms with E-state index in [0.29, 0.717) is 11.8 Å². The number of nitrogens with zero attached hydrogens (tertiary/aromatic N) is 5. The Kier molecular flexibility index (Phi) is 8.81. The van der Waals surface area contributed by atoms with Gasteiger partial charge in [0.05, 0.1) is 0 Å². The number of anilines is 1. The van der Waals surface area contributed by atoms with Crippen molar-refractivity contribution in [2.75, 3.05) is 11.9 Å². The number of hydrogen-bond acceptors (Lipinski definition) is 4. The molecule has 5 aromatic rings. The van der Waals surface area contributed by atoms with Crippen molar-refractivity contribution in [3.05, 3.63) is 144 Å². The van der Waals surface area contributed by atoms with Crippen LogP contribution in [0.15, 0.2) is 102 Å². The van der Waals surface area contributed by atoms with Gasteiger partial charge in [0.1, 0.15) is 5.82 Å². The molecule has 0 fully saturated rings. The Labute approximate surface area is 304 Å². The summed E-state index contributed by atoms with van der Waals surface area (Å²) in [6.07, 6.45) is 8.39. The van der Waals surface area contributed by atoms with Crippen molar-refractivity contribution in [2.45, 2.75) is 51.4 Å². The van der Waals surface area contributed by atoms with E-state index < -0.39 is 0 Å². The van der Waals surface area contributed by atoms with Gasteiger partial charge in [-0.3, -0.25) is 9.98 Å². The number of allylic oxidation sites excluding steroid dienone is 1. The second-order valence-corrected chi connectivity index (χ2v) is 13.7. The van der Waals surface area contributed by atoms with Gasteiger partial charge in [-0.15, -0.1) is 41.0 Å². The zero-order valence-electron chi connectivity index (χ0n) is 28.8. The van der Waals surface area contributed by atoms with Crippen LogP contribution in [0.5, 0.6) is 0 Å². The van der Waals surface area contributed by atoms with E-state index in [4.69, 9.17) is 4.98 Å². The van der Waals surface area contributed by atoms with Crippen molar-refractivity contribution in [3.8, 4) is 33.8 Å². The minimum Gasteiger partial charge on any atom is -0.510 e. The summed E-state index contributed by atoms with van der Waals surface area (Å²) < 4.78 is 2.33. The molecule has 246 valence electrons. The largest absolute Gasteiger partial charge is 3.00 e. The Morgan fingerprint density at radius 2 is 1.47 bits per heavy atom. The number of rotatable bonds is 3. The maximum absolute atomic E-state index is 5.29. The van der Waals surface area contributed by atoms with Gasteiger partial charge in [0, 0.05) is 48.0 Å². The van der Waals surface area contributed by atoms with Gasteiger partial charge >= 0.3 is 20.1 Å². The summed E-state index contributed by atoms with van der Waals surface area (Å²) in [4.78, 5) is 14.0. The number of aliphatic imine (C=N–C) groups is 1. The fraction of sp³-hybridized carbons (Fsp3) is 0.233. The first-order valence-corrected chi connectivity index (χ1v) is 16.9. The van der Waals surface area contributed by atoms with Crippen LogP contribution >= 0.6 is 0 Å². The molecule has 49 heavy (non-hydrogen) atoms. The molecule has 0 spiro atoms. The molecule has 9 rings (SSSR count). The molecule has 4 aromatic carbocycles. The van der Waals surface area contributed by atoms with Crippen molar-refractivity contribution in [1.82, 2.24) is 14.5 Å². The van der Waals surface area contributed by atoms with Gasteiger partial charge in [-0.05, 0) is 47.7 Å². The summed E-state index contributed by atoms with van der Waals surface area (Å²) in [7, 11) is 4.23. The van der Waals surface area contributed by atoms with E-state index in [2.05, 4.69) is 159 Å². The fourth-order valence-corrected chi connectivity index (χ4v) is 7.77. The number of hydrogen-bond donors (Lipinski definition) is 0. The molecule has 0 saturated heterocycles. The van der Waals surface area contributed by atoms with Crippen LogP contribution in [0.1, 0.15) is 79.3 Å². The van der Waals surface area contributed by atoms with E-state index in [1.165, 1.54) is 50.3 Å². The molecule has 0 N–H and O–H groups in total. The molecule has 6 heteroatoms. The second kappa shape index (κ2) is 13.1. The summed E-state index contributed by atoms with van der Waals surface area (Å²) in [5.74, 6) is 2.41. The standard InChI is InChI=1S/C27H28N3.C16H12N2.Ir/c1-16(2)18-11-8-12-19(17(3)4)24(18)27-29-25-21-10-7-6-9-20(21)23-15-28-14-13-22(23)26(25)30(27)5;1-17-10-16-14-8-3-2-6-12(14)13-7-4-5-9-15(13)18(16)11-17;/h6-9,11-17,22-23H,1-5H3;2-8,10-11H,1H3;/q-1;-2;+3. The number of imidazole rings is 1. The molecule has 0 saturated carbocycles. The van der Waals surface area contributed by atoms with Crippen molar-refractivity contribution >= 4 is 17.6 Å². The van der Waals surface area contributed by atoms with Crippen LogP contribution < -0.4 is 4.90 Å². The smallest absolute Gasteiger partial charge is 0.510 e. The SMILES string of the molecule is CC(C)c1cccc(C(C)C)c1-c1nc2c(n1C)C1C=CN=CC1c1ccc[c-]c1-2.CN1C=C2c3ccccc3-c3ccc[c-]c3N2[CH-]1.[Ir+3]. The molecule has 3 aliphatic heterocycles. The predicted octanol–water partition coefficient (Wildman–Crippen LogP) is 9.91. The van der Waals surface area contributed by atoms with Crippen molar-refractivity contribution < 1.29 is 20.1 Å². The third-order valence-corrected chi connectivity index (χ3v) is 10.0. The minimum absolute atomic E-state index is 0. The van der Waals surface area contributed by atoms with Crippen molar-refractivity contribution in [1.29, 1.82) is 0 Å². The summed E-state index contributed by atoms with van der Waals surface area (Å²) in [5, 5.41) is 0. The van der Waals surface area contributed by atoms with Crippen molar-refractivity contribution in [3.63, 3.8) is 0 Å². The minimum atomic E-state index is 0. The first-order valence-electron chi connectivity index (χ1n) is 16.9. The van der Waals surface area contributed by atoms with E-state index in [0.717, 1.165) is 22.8 Å². The number of para-hydroxylation sites is 1. The molecule has 1 aliphatic carbocycles. The molecule has 0 amide bonds. The summed E-state index contributed by atoms with van der Waals surface area (Å²) in [5.41, 5.74) is 14.9. The normalized spacial score (nSPS) is 17.6. The summed E-state index contributed by atoms with van der Waals surface area (Å²) in [6.45, 7) is 11.2. The van der Waals surface area contributed by atoms with Crippen LogP contribution in [0.3, 0.4) is 0 Å². The van der Waals surface area contributed by atoms with Gasteiger partial charge in [-0.2, -0.15) is 30.9 Å². The monoisotopic (exact) mass is 819 g/mol. The molecule has 0 radical (unpaired) electrons. The van der Waals surface area contributed by atoms with Gasteiger partial charge in [0.15, 0.2) is 0 Å². The maximum Gasteiger partial charge on any atom is 3.00 e. The Balaban J connectivity index is 0.000000170. The number of aromatic nitrogens is 2. The summed E-state index contributed by atoms with van der Waals surface area (Å²) in [6, 6.07) is 34.5. The maximum atomic E-state index is 5.29. The summed E-state index contributed by atoms with van der Waals surface area (Å²) >= 11 is 0. The van der Waals surface area contributed by atoms with E-state index in [1.54, 1.807) is 0 Å². The molecule has 4 aliphatic rings. The predicted molar refractivity (Wildman–Crippen MR) is 197 cm³/mol. The zero-order valence-corrected chi connectivity index (χ0v) is 31.2. The molecular formula is C43H40IrN5. The van der Waals surface area contributed by atoms with Crippen LogP contribution in [0.2, 0.25) is 0 Å². The van der Waals surface area contributed by atoms with Crippen LogP contribution in [0.25, 0.3) is 39.5 Å². The topological polar surface area (TPSA) is 36.7 Å². The van der Waals surface area contributed by atoms with E-state index in [-0.39, 0.29) is 31.9 Å². The molecule has 1 aromatic heterocycles. The van der Waals surface area contributed by atoms with Gasteiger partial charge < -0.3 is 14.4 Å². The molecular weight excluding hydrogens is 779 g/mol. The third-order valence-electron chi connectivity index (χ3n) is 10.0. The third kappa shape index (κ3) is 5.42. The molecule has 2 atom stereocenters. The molecule has 2 unspecified atom stereocenters. The average molecular weight is 819 g/mol. The Hall–Kier alpha value is -4.51. The first-order chi connectivity index (χ1) is 23.3. The quantitative estimate of drug-likeness (QED) is 0.170. The van der Waals surface area contributed by atoms with E-state index in [1.807, 2.05) is 24.4 Å². The van der Waals surface area contributed by atoms with Crippen molar-refractivity contribution in [2.24, 2.45) is 12.0 Å². The van der Waals surface area contributed by atoms with Crippen LogP contribution in [0, 0.1) is 18.8 Å². The molecule has 5 nitrogen and oxygen atoms in total. The van der Waals surface area contributed by atoms with Crippen LogP contribution in [-0.2, 0) is 27.2 Å². The molecule has 0 bridgehead atoms.